The quantitative estimate of drug-likeness (QED) is 0.655. The maximum absolute atomic E-state index is 12.9. The fourth-order valence-electron chi connectivity index (χ4n) is 2.10. The molecule has 0 aliphatic carbocycles. The monoisotopic (exact) mass is 241 g/mol. The molecule has 2 aromatic heterocycles. The fourth-order valence-corrected chi connectivity index (χ4v) is 2.10. The van der Waals surface area contributed by atoms with Crippen LogP contribution in [0.1, 0.15) is 11.4 Å². The molecule has 2 heterocycles. The summed E-state index contributed by atoms with van der Waals surface area (Å²) >= 11 is 0. The van der Waals surface area contributed by atoms with Gasteiger partial charge in [-0.1, -0.05) is 12.1 Å². The third-order valence-electron chi connectivity index (χ3n) is 2.93. The minimum atomic E-state index is -0.240. The van der Waals surface area contributed by atoms with Crippen molar-refractivity contribution in [2.45, 2.75) is 13.8 Å². The van der Waals surface area contributed by atoms with Crippen LogP contribution in [0.5, 0.6) is 0 Å². The largest absolute Gasteiger partial charge is 0.233 e. The van der Waals surface area contributed by atoms with E-state index in [1.54, 1.807) is 22.8 Å². The normalized spacial score (nSPS) is 11.1. The molecule has 4 heteroatoms. The molecule has 0 saturated heterocycles. The molecular formula is C14H12FN3. The van der Waals surface area contributed by atoms with Gasteiger partial charge in [0.2, 0.25) is 0 Å². The lowest BCUT2D eigenvalue weighted by Gasteiger charge is -2.02. The highest BCUT2D eigenvalue weighted by molar-refractivity contribution is 5.77. The number of fused-ring (bicyclic) bond motifs is 1. The van der Waals surface area contributed by atoms with Gasteiger partial charge in [0.25, 0.3) is 0 Å². The Hall–Kier alpha value is -2.23. The summed E-state index contributed by atoms with van der Waals surface area (Å²) in [6.07, 6.45) is 1.77. The Balaban J connectivity index is 2.27. The van der Waals surface area contributed by atoms with Gasteiger partial charge >= 0.3 is 0 Å². The van der Waals surface area contributed by atoms with Crippen LogP contribution in [0.25, 0.3) is 16.8 Å². The van der Waals surface area contributed by atoms with Gasteiger partial charge in [-0.3, -0.25) is 0 Å². The smallest absolute Gasteiger partial charge is 0.163 e. The molecule has 0 N–H and O–H groups in total. The van der Waals surface area contributed by atoms with Crippen LogP contribution in [0.2, 0.25) is 0 Å². The fraction of sp³-hybridized carbons (Fsp3) is 0.143. The average molecular weight is 241 g/mol. The van der Waals surface area contributed by atoms with E-state index in [0.29, 0.717) is 0 Å². The van der Waals surface area contributed by atoms with Crippen LogP contribution in [0.3, 0.4) is 0 Å². The zero-order valence-corrected chi connectivity index (χ0v) is 10.2. The summed E-state index contributed by atoms with van der Waals surface area (Å²) in [5.74, 6) is -0.240. The summed E-state index contributed by atoms with van der Waals surface area (Å²) in [7, 11) is 0. The Morgan fingerprint density at radius 2 is 1.83 bits per heavy atom. The van der Waals surface area contributed by atoms with Crippen LogP contribution in [-0.4, -0.2) is 14.6 Å². The van der Waals surface area contributed by atoms with Crippen LogP contribution >= 0.6 is 0 Å². The Bertz CT molecular complexity index is 714. The highest BCUT2D eigenvalue weighted by Gasteiger charge is 2.10. The molecule has 90 valence electrons. The van der Waals surface area contributed by atoms with E-state index in [0.717, 1.165) is 28.2 Å². The summed E-state index contributed by atoms with van der Waals surface area (Å²) in [6.45, 7) is 3.94. The van der Waals surface area contributed by atoms with Crippen molar-refractivity contribution in [3.63, 3.8) is 0 Å². The molecule has 0 radical (unpaired) electrons. The first-order chi connectivity index (χ1) is 8.65. The minimum absolute atomic E-state index is 0.240. The molecule has 1 aromatic carbocycles. The standard InChI is InChI=1S/C14H12FN3/c1-9-7-10(2)18-14(17-9)13(8-16-18)11-3-5-12(15)6-4-11/h3-8H,1-2H3. The number of benzene rings is 1. The van der Waals surface area contributed by atoms with Crippen LogP contribution in [0.15, 0.2) is 36.5 Å². The van der Waals surface area contributed by atoms with E-state index in [9.17, 15) is 4.39 Å². The van der Waals surface area contributed by atoms with E-state index in [4.69, 9.17) is 0 Å². The van der Waals surface area contributed by atoms with Crippen LogP contribution in [0, 0.1) is 19.7 Å². The second kappa shape index (κ2) is 3.91. The third kappa shape index (κ3) is 1.66. The van der Waals surface area contributed by atoms with Crippen LogP contribution in [-0.2, 0) is 0 Å². The number of rotatable bonds is 1. The molecule has 0 amide bonds. The number of nitrogens with zero attached hydrogens (tertiary/aromatic N) is 3. The lowest BCUT2D eigenvalue weighted by Crippen LogP contribution is -1.97. The van der Waals surface area contributed by atoms with Crippen molar-refractivity contribution in [1.29, 1.82) is 0 Å². The van der Waals surface area contributed by atoms with Crippen molar-refractivity contribution >= 4 is 5.65 Å². The van der Waals surface area contributed by atoms with Crippen molar-refractivity contribution < 1.29 is 4.39 Å². The third-order valence-corrected chi connectivity index (χ3v) is 2.93. The van der Waals surface area contributed by atoms with Gasteiger partial charge < -0.3 is 0 Å². The molecule has 0 atom stereocenters. The average Bonchev–Trinajstić information content (AvgIpc) is 2.74. The van der Waals surface area contributed by atoms with E-state index in [1.807, 2.05) is 19.9 Å². The Morgan fingerprint density at radius 1 is 1.11 bits per heavy atom. The molecule has 0 aliphatic rings. The molecule has 3 nitrogen and oxygen atoms in total. The number of halogens is 1. The number of hydrogen-bond acceptors (Lipinski definition) is 2. The summed E-state index contributed by atoms with van der Waals surface area (Å²) < 4.78 is 14.7. The molecular weight excluding hydrogens is 229 g/mol. The van der Waals surface area contributed by atoms with Crippen LogP contribution in [0.4, 0.5) is 4.39 Å². The van der Waals surface area contributed by atoms with Gasteiger partial charge in [-0.2, -0.15) is 5.10 Å². The van der Waals surface area contributed by atoms with Crippen molar-refractivity contribution in [1.82, 2.24) is 14.6 Å². The molecule has 0 saturated carbocycles. The first kappa shape index (κ1) is 10.9. The number of hydrogen-bond donors (Lipinski definition) is 0. The predicted octanol–water partition coefficient (Wildman–Crippen LogP) is 3.15. The second-order valence-electron chi connectivity index (χ2n) is 4.34. The Labute approximate surface area is 104 Å². The lowest BCUT2D eigenvalue weighted by molar-refractivity contribution is 0.628. The number of aromatic nitrogens is 3. The zero-order chi connectivity index (χ0) is 12.7. The van der Waals surface area contributed by atoms with Crippen molar-refractivity contribution in [2.75, 3.05) is 0 Å². The summed E-state index contributed by atoms with van der Waals surface area (Å²) in [5.41, 5.74) is 4.62. The molecule has 0 fully saturated rings. The second-order valence-corrected chi connectivity index (χ2v) is 4.34. The van der Waals surface area contributed by atoms with Crippen molar-refractivity contribution in [2.24, 2.45) is 0 Å². The van der Waals surface area contributed by atoms with Gasteiger partial charge in [0.15, 0.2) is 5.65 Å². The first-order valence-electron chi connectivity index (χ1n) is 5.73. The molecule has 3 aromatic rings. The molecule has 3 rings (SSSR count). The van der Waals surface area contributed by atoms with E-state index in [2.05, 4.69) is 10.1 Å². The molecule has 0 unspecified atom stereocenters. The Morgan fingerprint density at radius 3 is 2.56 bits per heavy atom. The van der Waals surface area contributed by atoms with Gasteiger partial charge in [0.05, 0.1) is 6.20 Å². The van der Waals surface area contributed by atoms with Gasteiger partial charge in [0.1, 0.15) is 5.82 Å². The van der Waals surface area contributed by atoms with Crippen molar-refractivity contribution in [3.8, 4) is 11.1 Å². The number of aryl methyl sites for hydroxylation is 2. The summed E-state index contributed by atoms with van der Waals surface area (Å²) in [5, 5.41) is 4.32. The van der Waals surface area contributed by atoms with Crippen LogP contribution < -0.4 is 0 Å². The molecule has 18 heavy (non-hydrogen) atoms. The van der Waals surface area contributed by atoms with E-state index < -0.39 is 0 Å². The lowest BCUT2D eigenvalue weighted by atomic mass is 10.1. The summed E-state index contributed by atoms with van der Waals surface area (Å²) in [4.78, 5) is 4.50. The van der Waals surface area contributed by atoms with Gasteiger partial charge in [0, 0.05) is 17.0 Å². The van der Waals surface area contributed by atoms with E-state index in [-0.39, 0.29) is 5.82 Å². The van der Waals surface area contributed by atoms with Gasteiger partial charge in [-0.05, 0) is 37.6 Å². The Kier molecular flexibility index (Phi) is 2.37. The van der Waals surface area contributed by atoms with Gasteiger partial charge in [-0.25, -0.2) is 13.9 Å². The van der Waals surface area contributed by atoms with Gasteiger partial charge in [-0.15, -0.1) is 0 Å². The zero-order valence-electron chi connectivity index (χ0n) is 10.2. The molecule has 0 spiro atoms. The highest BCUT2D eigenvalue weighted by atomic mass is 19.1. The highest BCUT2D eigenvalue weighted by Crippen LogP contribution is 2.24. The maximum atomic E-state index is 12.9. The maximum Gasteiger partial charge on any atom is 0.163 e. The SMILES string of the molecule is Cc1cc(C)n2ncc(-c3ccc(F)cc3)c2n1. The topological polar surface area (TPSA) is 30.2 Å². The molecule has 0 bridgehead atoms. The molecule has 0 aliphatic heterocycles. The summed E-state index contributed by atoms with van der Waals surface area (Å²) in [6, 6.07) is 8.36. The van der Waals surface area contributed by atoms with Crippen molar-refractivity contribution in [3.05, 3.63) is 53.7 Å². The first-order valence-corrected chi connectivity index (χ1v) is 5.73. The van der Waals surface area contributed by atoms with E-state index in [1.165, 1.54) is 12.1 Å². The minimum Gasteiger partial charge on any atom is -0.233 e. The predicted molar refractivity (Wildman–Crippen MR) is 67.9 cm³/mol. The van der Waals surface area contributed by atoms with E-state index >= 15 is 0 Å².